The largest absolute Gasteiger partial charge is 0.354 e. The maximum atomic E-state index is 12.3. The van der Waals surface area contributed by atoms with Gasteiger partial charge in [-0.05, 0) is 19.8 Å². The standard InChI is InChI=1S/C17H25N3O3S/c1-5-10(4)6-14(22)20-17-19-12-7-11(16(23)18-9(2)3)8-13(21)15(12)24-17/h9-11H,5-8H2,1-4H3,(H,18,23)(H,19,20,22). The summed E-state index contributed by atoms with van der Waals surface area (Å²) in [4.78, 5) is 41.4. The fourth-order valence-corrected chi connectivity index (χ4v) is 3.56. The van der Waals surface area contributed by atoms with Gasteiger partial charge in [-0.25, -0.2) is 4.98 Å². The molecule has 24 heavy (non-hydrogen) atoms. The van der Waals surface area contributed by atoms with Crippen LogP contribution in [-0.4, -0.2) is 28.6 Å². The first-order valence-corrected chi connectivity index (χ1v) is 9.24. The molecule has 0 saturated carbocycles. The van der Waals surface area contributed by atoms with Crippen LogP contribution >= 0.6 is 11.3 Å². The smallest absolute Gasteiger partial charge is 0.226 e. The fraction of sp³-hybridized carbons (Fsp3) is 0.647. The van der Waals surface area contributed by atoms with E-state index in [0.29, 0.717) is 34.5 Å². The van der Waals surface area contributed by atoms with Crippen molar-refractivity contribution in [1.82, 2.24) is 10.3 Å². The molecule has 6 nitrogen and oxygen atoms in total. The van der Waals surface area contributed by atoms with Crippen molar-refractivity contribution in [2.45, 2.75) is 59.4 Å². The van der Waals surface area contributed by atoms with E-state index in [1.54, 1.807) is 0 Å². The number of hydrogen-bond acceptors (Lipinski definition) is 5. The summed E-state index contributed by atoms with van der Waals surface area (Å²) < 4.78 is 0. The lowest BCUT2D eigenvalue weighted by Gasteiger charge is -2.20. The van der Waals surface area contributed by atoms with Crippen LogP contribution in [0.2, 0.25) is 0 Å². The summed E-state index contributed by atoms with van der Waals surface area (Å²) in [7, 11) is 0. The van der Waals surface area contributed by atoms with Crippen molar-refractivity contribution in [2.24, 2.45) is 11.8 Å². The monoisotopic (exact) mass is 351 g/mol. The third-order valence-electron chi connectivity index (χ3n) is 4.10. The van der Waals surface area contributed by atoms with E-state index < -0.39 is 0 Å². The summed E-state index contributed by atoms with van der Waals surface area (Å²) in [5.74, 6) is -0.333. The number of fused-ring (bicyclic) bond motifs is 1. The van der Waals surface area contributed by atoms with E-state index in [4.69, 9.17) is 0 Å². The van der Waals surface area contributed by atoms with Crippen LogP contribution in [0.25, 0.3) is 0 Å². The number of aromatic nitrogens is 1. The van der Waals surface area contributed by atoms with E-state index >= 15 is 0 Å². The van der Waals surface area contributed by atoms with Crippen LogP contribution in [0.4, 0.5) is 5.13 Å². The van der Waals surface area contributed by atoms with Crippen LogP contribution in [0.1, 0.15) is 62.3 Å². The minimum absolute atomic E-state index is 0.0415. The number of carbonyl (C=O) groups is 3. The third kappa shape index (κ3) is 4.63. The zero-order valence-electron chi connectivity index (χ0n) is 14.6. The van der Waals surface area contributed by atoms with Crippen molar-refractivity contribution in [3.63, 3.8) is 0 Å². The lowest BCUT2D eigenvalue weighted by atomic mass is 9.89. The van der Waals surface area contributed by atoms with Gasteiger partial charge in [0, 0.05) is 25.3 Å². The van der Waals surface area contributed by atoms with Gasteiger partial charge in [-0.1, -0.05) is 31.6 Å². The van der Waals surface area contributed by atoms with Crippen molar-refractivity contribution in [1.29, 1.82) is 0 Å². The Morgan fingerprint density at radius 1 is 1.29 bits per heavy atom. The maximum Gasteiger partial charge on any atom is 0.226 e. The molecular formula is C17H25N3O3S. The number of amides is 2. The summed E-state index contributed by atoms with van der Waals surface area (Å²) in [5, 5.41) is 6.07. The minimum Gasteiger partial charge on any atom is -0.354 e. The number of nitrogens with zero attached hydrogens (tertiary/aromatic N) is 1. The highest BCUT2D eigenvalue weighted by Gasteiger charge is 2.33. The summed E-state index contributed by atoms with van der Waals surface area (Å²) >= 11 is 1.21. The molecule has 0 radical (unpaired) electrons. The summed E-state index contributed by atoms with van der Waals surface area (Å²) in [5.41, 5.74) is 0.624. The number of nitrogens with one attached hydrogen (secondary N) is 2. The number of ketones is 1. The molecule has 0 aliphatic heterocycles. The average molecular weight is 351 g/mol. The average Bonchev–Trinajstić information content (AvgIpc) is 2.89. The lowest BCUT2D eigenvalue weighted by molar-refractivity contribution is -0.125. The molecule has 0 fully saturated rings. The van der Waals surface area contributed by atoms with Crippen molar-refractivity contribution in [2.75, 3.05) is 5.32 Å². The van der Waals surface area contributed by atoms with Crippen molar-refractivity contribution >= 4 is 34.1 Å². The number of Topliss-reactive ketones (excluding diaryl/α,β-unsaturated/α-hetero) is 1. The molecule has 2 amide bonds. The Morgan fingerprint density at radius 2 is 2.00 bits per heavy atom. The van der Waals surface area contributed by atoms with E-state index in [0.717, 1.165) is 6.42 Å². The second-order valence-corrected chi connectivity index (χ2v) is 7.75. The number of thiazole rings is 1. The van der Waals surface area contributed by atoms with E-state index in [2.05, 4.69) is 15.6 Å². The highest BCUT2D eigenvalue weighted by atomic mass is 32.1. The molecule has 0 bridgehead atoms. The first-order chi connectivity index (χ1) is 11.3. The summed E-state index contributed by atoms with van der Waals surface area (Å²) in [6, 6.07) is 0.0415. The SMILES string of the molecule is CCC(C)CC(=O)Nc1nc2c(s1)C(=O)CC(C(=O)NC(C)C)C2. The highest BCUT2D eigenvalue weighted by molar-refractivity contribution is 7.17. The molecule has 1 aliphatic carbocycles. The Labute approximate surface area is 146 Å². The zero-order valence-corrected chi connectivity index (χ0v) is 15.5. The van der Waals surface area contributed by atoms with Crippen LogP contribution in [0, 0.1) is 11.8 Å². The second kappa shape index (κ2) is 7.88. The van der Waals surface area contributed by atoms with Gasteiger partial charge >= 0.3 is 0 Å². The van der Waals surface area contributed by atoms with Crippen molar-refractivity contribution < 1.29 is 14.4 Å². The molecule has 0 aromatic carbocycles. The Bertz CT molecular complexity index is 639. The van der Waals surface area contributed by atoms with Crippen molar-refractivity contribution in [3.05, 3.63) is 10.6 Å². The van der Waals surface area contributed by atoms with E-state index in [-0.39, 0.29) is 36.0 Å². The van der Waals surface area contributed by atoms with Gasteiger partial charge in [-0.2, -0.15) is 0 Å². The third-order valence-corrected chi connectivity index (χ3v) is 5.16. The fourth-order valence-electron chi connectivity index (χ4n) is 2.60. The van der Waals surface area contributed by atoms with Crippen LogP contribution < -0.4 is 10.6 Å². The molecule has 7 heteroatoms. The van der Waals surface area contributed by atoms with Gasteiger partial charge in [0.05, 0.1) is 16.5 Å². The lowest BCUT2D eigenvalue weighted by Crippen LogP contribution is -2.39. The van der Waals surface area contributed by atoms with Gasteiger partial charge in [0.2, 0.25) is 11.8 Å². The second-order valence-electron chi connectivity index (χ2n) is 6.75. The Kier molecular flexibility index (Phi) is 6.10. The molecule has 2 rings (SSSR count). The van der Waals surface area contributed by atoms with Crippen LogP contribution in [0.5, 0.6) is 0 Å². The summed E-state index contributed by atoms with van der Waals surface area (Å²) in [6.45, 7) is 7.85. The minimum atomic E-state index is -0.377. The predicted octanol–water partition coefficient (Wildman–Crippen LogP) is 2.79. The van der Waals surface area contributed by atoms with Gasteiger partial charge in [-0.3, -0.25) is 14.4 Å². The molecule has 1 aromatic heterocycles. The number of hydrogen-bond donors (Lipinski definition) is 2. The van der Waals surface area contributed by atoms with Gasteiger partial charge in [-0.15, -0.1) is 0 Å². The van der Waals surface area contributed by atoms with Gasteiger partial charge in [0.25, 0.3) is 0 Å². The molecule has 0 spiro atoms. The molecule has 1 heterocycles. The van der Waals surface area contributed by atoms with Crippen LogP contribution in [0.15, 0.2) is 0 Å². The molecule has 132 valence electrons. The zero-order chi connectivity index (χ0) is 17.9. The van der Waals surface area contributed by atoms with Crippen molar-refractivity contribution in [3.8, 4) is 0 Å². The normalized spacial score (nSPS) is 18.2. The highest BCUT2D eigenvalue weighted by Crippen LogP contribution is 2.32. The predicted molar refractivity (Wildman–Crippen MR) is 94.2 cm³/mol. The molecule has 1 aromatic rings. The van der Waals surface area contributed by atoms with E-state index in [9.17, 15) is 14.4 Å². The van der Waals surface area contributed by atoms with Gasteiger partial charge in [0.15, 0.2) is 10.9 Å². The van der Waals surface area contributed by atoms with Gasteiger partial charge < -0.3 is 10.6 Å². The molecule has 2 atom stereocenters. The first kappa shape index (κ1) is 18.6. The Morgan fingerprint density at radius 3 is 2.62 bits per heavy atom. The number of anilines is 1. The summed E-state index contributed by atoms with van der Waals surface area (Å²) in [6.07, 6.45) is 2.02. The molecule has 2 unspecified atom stereocenters. The number of rotatable bonds is 6. The van der Waals surface area contributed by atoms with Gasteiger partial charge in [0.1, 0.15) is 0 Å². The van der Waals surface area contributed by atoms with Crippen LogP contribution in [0.3, 0.4) is 0 Å². The van der Waals surface area contributed by atoms with Crippen LogP contribution in [-0.2, 0) is 16.0 Å². The molecule has 0 saturated heterocycles. The quantitative estimate of drug-likeness (QED) is 0.825. The Balaban J connectivity index is 2.06. The van der Waals surface area contributed by atoms with E-state index in [1.165, 1.54) is 11.3 Å². The molecular weight excluding hydrogens is 326 g/mol. The topological polar surface area (TPSA) is 88.2 Å². The maximum absolute atomic E-state index is 12.3. The van der Waals surface area contributed by atoms with E-state index in [1.807, 2.05) is 27.7 Å². The molecule has 1 aliphatic rings. The Hall–Kier alpha value is -1.76. The molecule has 2 N–H and O–H groups in total. The number of carbonyl (C=O) groups excluding carboxylic acids is 3. The first-order valence-electron chi connectivity index (χ1n) is 8.43.